The van der Waals surface area contributed by atoms with Gasteiger partial charge < -0.3 is 10.1 Å². The third-order valence-electron chi connectivity index (χ3n) is 2.92. The molecular weight excluding hydrogens is 268 g/mol. The number of aryl methyl sites for hydroxylation is 1. The summed E-state index contributed by atoms with van der Waals surface area (Å²) in [6, 6.07) is 0. The van der Waals surface area contributed by atoms with Crippen LogP contribution in [0.4, 0.5) is 0 Å². The zero-order valence-corrected chi connectivity index (χ0v) is 12.2. The van der Waals surface area contributed by atoms with Crippen LogP contribution in [-0.4, -0.2) is 31.0 Å². The second-order valence-electron chi connectivity index (χ2n) is 4.49. The molecule has 0 amide bonds. The second kappa shape index (κ2) is 6.21. The number of aromatic carboxylic acids is 1. The molecule has 1 rings (SSSR count). The normalized spacial score (nSPS) is 11.7. The van der Waals surface area contributed by atoms with Gasteiger partial charge in [0.1, 0.15) is 10.6 Å². The quantitative estimate of drug-likeness (QED) is 0.666. The van der Waals surface area contributed by atoms with Crippen molar-refractivity contribution in [1.82, 2.24) is 9.71 Å². The number of sulfonamides is 1. The molecule has 0 atom stereocenters. The van der Waals surface area contributed by atoms with Crippen LogP contribution >= 0.6 is 0 Å². The maximum Gasteiger partial charge on any atom is 0.352 e. The van der Waals surface area contributed by atoms with Gasteiger partial charge in [0.25, 0.3) is 0 Å². The molecule has 19 heavy (non-hydrogen) atoms. The van der Waals surface area contributed by atoms with Crippen molar-refractivity contribution in [3.05, 3.63) is 17.0 Å². The highest BCUT2D eigenvalue weighted by Gasteiger charge is 2.25. The van der Waals surface area contributed by atoms with Crippen molar-refractivity contribution in [2.75, 3.05) is 6.54 Å². The molecule has 0 bridgehead atoms. The molecule has 1 heterocycles. The molecule has 108 valence electrons. The van der Waals surface area contributed by atoms with Crippen LogP contribution in [0.1, 0.15) is 47.9 Å². The van der Waals surface area contributed by atoms with Crippen LogP contribution < -0.4 is 4.72 Å². The van der Waals surface area contributed by atoms with E-state index in [4.69, 9.17) is 5.11 Å². The van der Waals surface area contributed by atoms with Gasteiger partial charge in [-0.1, -0.05) is 19.8 Å². The van der Waals surface area contributed by atoms with Crippen molar-refractivity contribution in [2.24, 2.45) is 0 Å². The summed E-state index contributed by atoms with van der Waals surface area (Å²) in [5, 5.41) is 8.97. The molecule has 6 nitrogen and oxygen atoms in total. The van der Waals surface area contributed by atoms with Gasteiger partial charge in [0.2, 0.25) is 10.0 Å². The van der Waals surface area contributed by atoms with E-state index in [1.165, 1.54) is 6.92 Å². The van der Waals surface area contributed by atoms with Gasteiger partial charge >= 0.3 is 5.97 Å². The monoisotopic (exact) mass is 288 g/mol. The molecule has 0 aromatic carbocycles. The number of carboxylic acids is 1. The molecule has 1 aromatic heterocycles. The number of H-pyrrole nitrogens is 1. The number of hydrogen-bond acceptors (Lipinski definition) is 3. The fraction of sp³-hybridized carbons (Fsp3) is 0.583. The van der Waals surface area contributed by atoms with Crippen molar-refractivity contribution in [3.8, 4) is 0 Å². The lowest BCUT2D eigenvalue weighted by Gasteiger charge is -2.07. The molecule has 1 aromatic rings. The molecule has 3 N–H and O–H groups in total. The molecule has 0 fully saturated rings. The summed E-state index contributed by atoms with van der Waals surface area (Å²) < 4.78 is 26.8. The Labute approximate surface area is 113 Å². The third kappa shape index (κ3) is 3.57. The number of hydrogen-bond donors (Lipinski definition) is 3. The molecule has 0 spiro atoms. The summed E-state index contributed by atoms with van der Waals surface area (Å²) in [5.74, 6) is -1.16. The minimum absolute atomic E-state index is 0.0430. The number of aromatic nitrogens is 1. The highest BCUT2D eigenvalue weighted by molar-refractivity contribution is 7.89. The van der Waals surface area contributed by atoms with E-state index >= 15 is 0 Å². The van der Waals surface area contributed by atoms with Crippen LogP contribution in [0.2, 0.25) is 0 Å². The first-order valence-corrected chi connectivity index (χ1v) is 7.71. The molecule has 0 aliphatic rings. The summed E-state index contributed by atoms with van der Waals surface area (Å²) in [6.45, 7) is 5.45. The van der Waals surface area contributed by atoms with E-state index in [0.717, 1.165) is 19.3 Å². The molecule has 0 aliphatic heterocycles. The maximum absolute atomic E-state index is 12.1. The number of carbonyl (C=O) groups is 1. The zero-order chi connectivity index (χ0) is 14.6. The number of rotatable bonds is 7. The predicted molar refractivity (Wildman–Crippen MR) is 71.9 cm³/mol. The Bertz CT molecular complexity index is 561. The summed E-state index contributed by atoms with van der Waals surface area (Å²) in [6.07, 6.45) is 2.73. The van der Waals surface area contributed by atoms with E-state index in [1.54, 1.807) is 6.92 Å². The summed E-state index contributed by atoms with van der Waals surface area (Å²) >= 11 is 0. The van der Waals surface area contributed by atoms with Crippen LogP contribution in [0.25, 0.3) is 0 Å². The van der Waals surface area contributed by atoms with E-state index < -0.39 is 16.0 Å². The Hall–Kier alpha value is -1.34. The minimum atomic E-state index is -3.66. The summed E-state index contributed by atoms with van der Waals surface area (Å²) in [5.41, 5.74) is 0.511. The van der Waals surface area contributed by atoms with E-state index in [9.17, 15) is 13.2 Å². The van der Waals surface area contributed by atoms with Gasteiger partial charge in [-0.15, -0.1) is 0 Å². The highest BCUT2D eigenvalue weighted by atomic mass is 32.2. The fourth-order valence-corrected chi connectivity index (χ4v) is 3.52. The Morgan fingerprint density at radius 2 is 1.95 bits per heavy atom. The van der Waals surface area contributed by atoms with Gasteiger partial charge in [-0.2, -0.15) is 0 Å². The van der Waals surface area contributed by atoms with Crippen LogP contribution in [-0.2, 0) is 10.0 Å². The first-order valence-electron chi connectivity index (χ1n) is 6.23. The highest BCUT2D eigenvalue weighted by Crippen LogP contribution is 2.22. The van der Waals surface area contributed by atoms with Crippen molar-refractivity contribution >= 4 is 16.0 Å². The topological polar surface area (TPSA) is 99.3 Å². The predicted octanol–water partition coefficient (Wildman–Crippen LogP) is 1.80. The van der Waals surface area contributed by atoms with Gasteiger partial charge in [0, 0.05) is 17.8 Å². The lowest BCUT2D eigenvalue weighted by molar-refractivity contribution is 0.0690. The van der Waals surface area contributed by atoms with E-state index in [2.05, 4.69) is 9.71 Å². The van der Waals surface area contributed by atoms with Gasteiger partial charge in [-0.25, -0.2) is 17.9 Å². The van der Waals surface area contributed by atoms with Crippen molar-refractivity contribution in [2.45, 2.75) is 44.9 Å². The van der Waals surface area contributed by atoms with Crippen LogP contribution in [0.15, 0.2) is 4.90 Å². The summed E-state index contributed by atoms with van der Waals surface area (Å²) in [7, 11) is -3.66. The van der Waals surface area contributed by atoms with Crippen molar-refractivity contribution in [3.63, 3.8) is 0 Å². The Kier molecular flexibility index (Phi) is 5.13. The van der Waals surface area contributed by atoms with Crippen LogP contribution in [0.5, 0.6) is 0 Å². The lowest BCUT2D eigenvalue weighted by Crippen LogP contribution is -2.25. The average molecular weight is 288 g/mol. The van der Waals surface area contributed by atoms with E-state index in [0.29, 0.717) is 12.2 Å². The third-order valence-corrected chi connectivity index (χ3v) is 4.66. The first-order chi connectivity index (χ1) is 8.81. The van der Waals surface area contributed by atoms with Gasteiger partial charge in [-0.05, 0) is 20.3 Å². The SMILES string of the molecule is CCCCCNS(=O)(=O)c1c(C)[nH]c(C(=O)O)c1C. The molecule has 0 aliphatic carbocycles. The van der Waals surface area contributed by atoms with Crippen LogP contribution in [0, 0.1) is 13.8 Å². The number of carboxylic acid groups (broad SMARTS) is 1. The van der Waals surface area contributed by atoms with Crippen molar-refractivity contribution in [1.29, 1.82) is 0 Å². The number of aromatic amines is 1. The van der Waals surface area contributed by atoms with Crippen molar-refractivity contribution < 1.29 is 18.3 Å². The fourth-order valence-electron chi connectivity index (χ4n) is 2.00. The molecule has 0 radical (unpaired) electrons. The second-order valence-corrected chi connectivity index (χ2v) is 6.19. The Morgan fingerprint density at radius 3 is 2.42 bits per heavy atom. The number of nitrogens with one attached hydrogen (secondary N) is 2. The number of unbranched alkanes of at least 4 members (excludes halogenated alkanes) is 2. The standard InChI is InChI=1S/C12H20N2O4S/c1-4-5-6-7-13-19(17,18)11-8(2)10(12(15)16)14-9(11)3/h13-14H,4-7H2,1-3H3,(H,15,16). The largest absolute Gasteiger partial charge is 0.477 e. The smallest absolute Gasteiger partial charge is 0.352 e. The maximum atomic E-state index is 12.1. The summed E-state index contributed by atoms with van der Waals surface area (Å²) in [4.78, 5) is 13.6. The molecule has 0 unspecified atom stereocenters. The molecular formula is C12H20N2O4S. The Morgan fingerprint density at radius 1 is 1.32 bits per heavy atom. The average Bonchev–Trinajstić information content (AvgIpc) is 2.61. The van der Waals surface area contributed by atoms with Gasteiger partial charge in [0.05, 0.1) is 0 Å². The van der Waals surface area contributed by atoms with Gasteiger partial charge in [0.15, 0.2) is 0 Å². The van der Waals surface area contributed by atoms with Crippen LogP contribution in [0.3, 0.4) is 0 Å². The lowest BCUT2D eigenvalue weighted by atomic mass is 10.2. The first kappa shape index (κ1) is 15.7. The van der Waals surface area contributed by atoms with E-state index in [-0.39, 0.29) is 16.2 Å². The minimum Gasteiger partial charge on any atom is -0.477 e. The Balaban J connectivity index is 2.99. The molecule has 0 saturated heterocycles. The molecule has 0 saturated carbocycles. The van der Waals surface area contributed by atoms with Gasteiger partial charge in [-0.3, -0.25) is 0 Å². The van der Waals surface area contributed by atoms with E-state index in [1.807, 2.05) is 6.92 Å². The molecule has 7 heteroatoms. The zero-order valence-electron chi connectivity index (χ0n) is 11.4.